The highest BCUT2D eigenvalue weighted by Crippen LogP contribution is 2.17. The van der Waals surface area contributed by atoms with Crippen molar-refractivity contribution in [3.63, 3.8) is 0 Å². The van der Waals surface area contributed by atoms with Crippen LogP contribution in [-0.4, -0.2) is 11.1 Å². The molecule has 2 aromatic carbocycles. The fraction of sp³-hybridized carbons (Fsp3) is 0.188. The Bertz CT molecular complexity index is 643. The van der Waals surface area contributed by atoms with E-state index in [0.29, 0.717) is 17.1 Å². The molecule has 2 rings (SSSR count). The average Bonchev–Trinajstić information content (AvgIpc) is 2.45. The molecule has 110 valence electrons. The summed E-state index contributed by atoms with van der Waals surface area (Å²) in [4.78, 5) is 10.7. The third kappa shape index (κ3) is 4.03. The highest BCUT2D eigenvalue weighted by atomic mass is 35.5. The zero-order valence-corrected chi connectivity index (χ0v) is 12.2. The molecule has 0 saturated carbocycles. The molecular formula is C16H15ClFNO2. The van der Waals surface area contributed by atoms with Gasteiger partial charge in [0.15, 0.2) is 0 Å². The van der Waals surface area contributed by atoms with E-state index in [0.717, 1.165) is 5.56 Å². The van der Waals surface area contributed by atoms with Gasteiger partial charge in [0, 0.05) is 17.6 Å². The van der Waals surface area contributed by atoms with E-state index in [-0.39, 0.29) is 11.6 Å². The fourth-order valence-corrected chi connectivity index (χ4v) is 2.11. The summed E-state index contributed by atoms with van der Waals surface area (Å²) in [5.74, 6) is -1.98. The first-order valence-corrected chi connectivity index (χ1v) is 6.85. The number of carbonyl (C=O) groups is 1. The van der Waals surface area contributed by atoms with Crippen LogP contribution in [0, 0.1) is 5.82 Å². The second kappa shape index (κ2) is 6.70. The Morgan fingerprint density at radius 3 is 2.52 bits per heavy atom. The monoisotopic (exact) mass is 307 g/mol. The Kier molecular flexibility index (Phi) is 4.94. The Balaban J connectivity index is 2.01. The summed E-state index contributed by atoms with van der Waals surface area (Å²) in [6.07, 6.45) is 0. The zero-order chi connectivity index (χ0) is 15.4. The normalized spacial score (nSPS) is 12.1. The maximum absolute atomic E-state index is 13.6. The first kappa shape index (κ1) is 15.5. The van der Waals surface area contributed by atoms with E-state index in [9.17, 15) is 9.18 Å². The minimum absolute atomic E-state index is 0.0736. The molecule has 1 unspecified atom stereocenters. The molecule has 0 amide bonds. The van der Waals surface area contributed by atoms with Crippen LogP contribution in [0.1, 0.15) is 34.5 Å². The van der Waals surface area contributed by atoms with E-state index in [1.54, 1.807) is 6.07 Å². The summed E-state index contributed by atoms with van der Waals surface area (Å²) >= 11 is 5.84. The van der Waals surface area contributed by atoms with Crippen LogP contribution in [0.2, 0.25) is 5.02 Å². The van der Waals surface area contributed by atoms with Crippen LogP contribution in [0.3, 0.4) is 0 Å². The second-order valence-corrected chi connectivity index (χ2v) is 5.21. The smallest absolute Gasteiger partial charge is 0.338 e. The number of carboxylic acids is 1. The number of benzene rings is 2. The molecule has 2 aromatic rings. The summed E-state index contributed by atoms with van der Waals surface area (Å²) in [6, 6.07) is 11.7. The van der Waals surface area contributed by atoms with Gasteiger partial charge in [-0.15, -0.1) is 0 Å². The molecule has 1 atom stereocenters. The van der Waals surface area contributed by atoms with Gasteiger partial charge in [-0.2, -0.15) is 0 Å². The first-order valence-electron chi connectivity index (χ1n) is 6.48. The van der Waals surface area contributed by atoms with Gasteiger partial charge < -0.3 is 10.4 Å². The lowest BCUT2D eigenvalue weighted by Crippen LogP contribution is -2.18. The highest BCUT2D eigenvalue weighted by molar-refractivity contribution is 6.30. The largest absolute Gasteiger partial charge is 0.478 e. The predicted molar refractivity (Wildman–Crippen MR) is 80.1 cm³/mol. The third-order valence-electron chi connectivity index (χ3n) is 3.25. The van der Waals surface area contributed by atoms with Gasteiger partial charge in [0.25, 0.3) is 0 Å². The summed E-state index contributed by atoms with van der Waals surface area (Å²) in [5, 5.41) is 12.7. The Morgan fingerprint density at radius 1 is 1.29 bits per heavy atom. The van der Waals surface area contributed by atoms with Crippen LogP contribution >= 0.6 is 11.6 Å². The van der Waals surface area contributed by atoms with E-state index in [1.807, 2.05) is 31.2 Å². The predicted octanol–water partition coefficient (Wildman–Crippen LogP) is 4.03. The minimum Gasteiger partial charge on any atom is -0.478 e. The molecule has 5 heteroatoms. The number of halogens is 2. The van der Waals surface area contributed by atoms with Gasteiger partial charge in [0.1, 0.15) is 5.82 Å². The maximum atomic E-state index is 13.6. The van der Waals surface area contributed by atoms with Gasteiger partial charge in [-0.05, 0) is 42.3 Å². The van der Waals surface area contributed by atoms with Gasteiger partial charge in [-0.25, -0.2) is 9.18 Å². The van der Waals surface area contributed by atoms with E-state index in [2.05, 4.69) is 5.32 Å². The quantitative estimate of drug-likeness (QED) is 0.877. The van der Waals surface area contributed by atoms with Crippen molar-refractivity contribution in [2.45, 2.75) is 19.5 Å². The fourth-order valence-electron chi connectivity index (χ4n) is 1.98. The van der Waals surface area contributed by atoms with Crippen LogP contribution in [0.4, 0.5) is 4.39 Å². The van der Waals surface area contributed by atoms with Crippen LogP contribution in [0.15, 0.2) is 42.5 Å². The average molecular weight is 308 g/mol. The third-order valence-corrected chi connectivity index (χ3v) is 3.50. The molecular weight excluding hydrogens is 293 g/mol. The lowest BCUT2D eigenvalue weighted by molar-refractivity contribution is 0.0692. The van der Waals surface area contributed by atoms with E-state index < -0.39 is 11.8 Å². The van der Waals surface area contributed by atoms with E-state index in [1.165, 1.54) is 12.1 Å². The lowest BCUT2D eigenvalue weighted by Gasteiger charge is -2.14. The van der Waals surface area contributed by atoms with Crippen LogP contribution < -0.4 is 5.32 Å². The van der Waals surface area contributed by atoms with Gasteiger partial charge in [-0.3, -0.25) is 0 Å². The van der Waals surface area contributed by atoms with E-state index >= 15 is 0 Å². The Labute approximate surface area is 127 Å². The van der Waals surface area contributed by atoms with Crippen molar-refractivity contribution in [3.05, 3.63) is 70.0 Å². The summed E-state index contributed by atoms with van der Waals surface area (Å²) < 4.78 is 13.6. The summed E-state index contributed by atoms with van der Waals surface area (Å²) in [5.41, 5.74) is 1.45. The van der Waals surface area contributed by atoms with E-state index in [4.69, 9.17) is 16.7 Å². The van der Waals surface area contributed by atoms with Crippen molar-refractivity contribution in [1.82, 2.24) is 5.32 Å². The molecule has 0 heterocycles. The molecule has 2 N–H and O–H groups in total. The van der Waals surface area contributed by atoms with Crippen LogP contribution in [0.5, 0.6) is 0 Å². The SMILES string of the molecule is CC(NCc1ccc(C(=O)O)c(F)c1)c1ccc(Cl)cc1. The highest BCUT2D eigenvalue weighted by Gasteiger charge is 2.11. The van der Waals surface area contributed by atoms with Gasteiger partial charge >= 0.3 is 5.97 Å². The number of hydrogen-bond donors (Lipinski definition) is 2. The molecule has 0 saturated heterocycles. The van der Waals surface area contributed by atoms with Crippen molar-refractivity contribution in [3.8, 4) is 0 Å². The molecule has 0 aromatic heterocycles. The maximum Gasteiger partial charge on any atom is 0.338 e. The summed E-state index contributed by atoms with van der Waals surface area (Å²) in [7, 11) is 0. The summed E-state index contributed by atoms with van der Waals surface area (Å²) in [6.45, 7) is 2.44. The molecule has 0 radical (unpaired) electrons. The number of hydrogen-bond acceptors (Lipinski definition) is 2. The van der Waals surface area contributed by atoms with Crippen LogP contribution in [-0.2, 0) is 6.54 Å². The number of nitrogens with one attached hydrogen (secondary N) is 1. The molecule has 3 nitrogen and oxygen atoms in total. The molecule has 0 aliphatic carbocycles. The second-order valence-electron chi connectivity index (χ2n) is 4.77. The van der Waals surface area contributed by atoms with Crippen molar-refractivity contribution in [1.29, 1.82) is 0 Å². The van der Waals surface area contributed by atoms with Gasteiger partial charge in [-0.1, -0.05) is 29.8 Å². The topological polar surface area (TPSA) is 49.3 Å². The number of aromatic carboxylic acids is 1. The molecule has 0 fully saturated rings. The standard InChI is InChI=1S/C16H15ClFNO2/c1-10(12-3-5-13(17)6-4-12)19-9-11-2-7-14(16(20)21)15(18)8-11/h2-8,10,19H,9H2,1H3,(H,20,21). The zero-order valence-electron chi connectivity index (χ0n) is 11.4. The molecule has 0 aliphatic rings. The van der Waals surface area contributed by atoms with Crippen molar-refractivity contribution >= 4 is 17.6 Å². The van der Waals surface area contributed by atoms with Crippen molar-refractivity contribution in [2.24, 2.45) is 0 Å². The van der Waals surface area contributed by atoms with Crippen molar-refractivity contribution in [2.75, 3.05) is 0 Å². The number of carboxylic acid groups (broad SMARTS) is 1. The van der Waals surface area contributed by atoms with Gasteiger partial charge in [0.05, 0.1) is 5.56 Å². The van der Waals surface area contributed by atoms with Crippen molar-refractivity contribution < 1.29 is 14.3 Å². The first-order chi connectivity index (χ1) is 9.97. The molecule has 0 spiro atoms. The van der Waals surface area contributed by atoms with Crippen LogP contribution in [0.25, 0.3) is 0 Å². The Hall–Kier alpha value is -1.91. The molecule has 0 aliphatic heterocycles. The van der Waals surface area contributed by atoms with Gasteiger partial charge in [0.2, 0.25) is 0 Å². The Morgan fingerprint density at radius 2 is 1.95 bits per heavy atom. The molecule has 0 bridgehead atoms. The number of rotatable bonds is 5. The lowest BCUT2D eigenvalue weighted by atomic mass is 10.1. The molecule has 21 heavy (non-hydrogen) atoms. The minimum atomic E-state index is -1.26.